The summed E-state index contributed by atoms with van der Waals surface area (Å²) in [5, 5.41) is 0. The predicted molar refractivity (Wildman–Crippen MR) is 70.4 cm³/mol. The second-order valence-corrected chi connectivity index (χ2v) is 8.88. The van der Waals surface area contributed by atoms with Crippen LogP contribution in [0.15, 0.2) is 0 Å². The Morgan fingerprint density at radius 3 is 1.60 bits per heavy atom. The molecule has 0 heterocycles. The maximum atomic E-state index is 6.42. The highest BCUT2D eigenvalue weighted by Gasteiger charge is 2.37. The predicted octanol–water partition coefficient (Wildman–Crippen LogP) is 4.20. The van der Waals surface area contributed by atoms with Gasteiger partial charge in [0.15, 0.2) is 8.32 Å². The Morgan fingerprint density at radius 2 is 1.40 bits per heavy atom. The average Bonchev–Trinajstić information content (AvgIpc) is 2.33. The Balaban J connectivity index is 4.85. The molecular weight excluding hydrogens is 200 g/mol. The van der Waals surface area contributed by atoms with Crippen molar-refractivity contribution in [2.45, 2.75) is 71.2 Å². The third-order valence-electron chi connectivity index (χ3n) is 3.75. The molecule has 1 nitrogen and oxygen atoms in total. The van der Waals surface area contributed by atoms with Gasteiger partial charge in [-0.1, -0.05) is 40.5 Å². The summed E-state index contributed by atoms with van der Waals surface area (Å²) in [7, 11) is -1.56. The summed E-state index contributed by atoms with van der Waals surface area (Å²) in [6, 6.07) is 3.51. The number of hydrogen-bond acceptors (Lipinski definition) is 1. The van der Waals surface area contributed by atoms with Crippen LogP contribution < -0.4 is 0 Å². The third-order valence-corrected chi connectivity index (χ3v) is 8.44. The molecule has 0 aromatic heterocycles. The van der Waals surface area contributed by atoms with E-state index in [-0.39, 0.29) is 5.60 Å². The Hall–Kier alpha value is -0.263. The Labute approximate surface area is 96.7 Å². The third kappa shape index (κ3) is 3.36. The van der Waals surface area contributed by atoms with Gasteiger partial charge >= 0.3 is 0 Å². The van der Waals surface area contributed by atoms with Crippen molar-refractivity contribution in [1.29, 1.82) is 0 Å². The van der Waals surface area contributed by atoms with Gasteiger partial charge in [0.05, 0.1) is 0 Å². The van der Waals surface area contributed by atoms with Gasteiger partial charge in [-0.25, -0.2) is 0 Å². The highest BCUT2D eigenvalue weighted by molar-refractivity contribution is 6.73. The lowest BCUT2D eigenvalue weighted by molar-refractivity contribution is 0.107. The molecule has 88 valence electrons. The second-order valence-electron chi connectivity index (χ2n) is 4.19. The second kappa shape index (κ2) is 6.35. The first-order chi connectivity index (χ1) is 7.07. The molecule has 0 saturated carbocycles. The maximum Gasteiger partial charge on any atom is 0.194 e. The molecule has 0 amide bonds. The number of terminal acetylenes is 1. The van der Waals surface area contributed by atoms with Gasteiger partial charge in [0.1, 0.15) is 5.60 Å². The van der Waals surface area contributed by atoms with E-state index in [1.807, 2.05) is 0 Å². The van der Waals surface area contributed by atoms with Crippen LogP contribution in [0.3, 0.4) is 0 Å². The van der Waals surface area contributed by atoms with Crippen LogP contribution in [-0.4, -0.2) is 13.9 Å². The SMILES string of the molecule is C#CC(CC)(CC)O[Si](CC)(CC)CC. The van der Waals surface area contributed by atoms with Crippen LogP contribution in [0.4, 0.5) is 0 Å². The minimum absolute atomic E-state index is 0.297. The van der Waals surface area contributed by atoms with Gasteiger partial charge in [0.2, 0.25) is 0 Å². The van der Waals surface area contributed by atoms with Crippen LogP contribution in [0.5, 0.6) is 0 Å². The largest absolute Gasteiger partial charge is 0.401 e. The standard InChI is InChI=1S/C13H26OSi/c1-7-13(8-2,9-3)14-15(10-4,11-5)12-6/h1H,8-12H2,2-6H3. The van der Waals surface area contributed by atoms with Crippen LogP contribution in [0.2, 0.25) is 18.1 Å². The molecule has 0 bridgehead atoms. The van der Waals surface area contributed by atoms with Gasteiger partial charge in [0.25, 0.3) is 0 Å². The van der Waals surface area contributed by atoms with Crippen LogP contribution in [0.1, 0.15) is 47.5 Å². The van der Waals surface area contributed by atoms with E-state index < -0.39 is 8.32 Å². The Morgan fingerprint density at radius 1 is 1.00 bits per heavy atom. The smallest absolute Gasteiger partial charge is 0.194 e. The molecule has 0 aromatic rings. The van der Waals surface area contributed by atoms with Crippen molar-refractivity contribution in [3.63, 3.8) is 0 Å². The summed E-state index contributed by atoms with van der Waals surface area (Å²) in [6.45, 7) is 11.0. The van der Waals surface area contributed by atoms with Crippen LogP contribution in [0, 0.1) is 12.3 Å². The molecule has 0 fully saturated rings. The fraction of sp³-hybridized carbons (Fsp3) is 0.846. The lowest BCUT2D eigenvalue weighted by atomic mass is 9.99. The van der Waals surface area contributed by atoms with Crippen LogP contribution in [0.25, 0.3) is 0 Å². The highest BCUT2D eigenvalue weighted by atomic mass is 28.4. The first kappa shape index (κ1) is 14.7. The van der Waals surface area contributed by atoms with E-state index in [4.69, 9.17) is 10.8 Å². The average molecular weight is 226 g/mol. The van der Waals surface area contributed by atoms with Crippen LogP contribution >= 0.6 is 0 Å². The molecule has 0 rings (SSSR count). The first-order valence-electron chi connectivity index (χ1n) is 6.25. The summed E-state index contributed by atoms with van der Waals surface area (Å²) in [6.07, 6.45) is 7.50. The van der Waals surface area contributed by atoms with E-state index in [2.05, 4.69) is 40.5 Å². The molecule has 0 aliphatic carbocycles. The van der Waals surface area contributed by atoms with Crippen molar-refractivity contribution in [2.75, 3.05) is 0 Å². The molecule has 0 saturated heterocycles. The molecule has 0 aliphatic rings. The topological polar surface area (TPSA) is 9.23 Å². The highest BCUT2D eigenvalue weighted by Crippen LogP contribution is 2.31. The van der Waals surface area contributed by atoms with Crippen molar-refractivity contribution in [2.24, 2.45) is 0 Å². The molecule has 0 radical (unpaired) electrons. The van der Waals surface area contributed by atoms with Crippen LogP contribution in [-0.2, 0) is 4.43 Å². The van der Waals surface area contributed by atoms with Gasteiger partial charge in [-0.3, -0.25) is 0 Å². The molecular formula is C13H26OSi. The molecule has 2 heteroatoms. The van der Waals surface area contributed by atoms with E-state index in [0.29, 0.717) is 0 Å². The fourth-order valence-corrected chi connectivity index (χ4v) is 5.12. The summed E-state index contributed by atoms with van der Waals surface area (Å²) < 4.78 is 6.42. The fourth-order valence-electron chi connectivity index (χ4n) is 2.01. The lowest BCUT2D eigenvalue weighted by Gasteiger charge is -2.38. The van der Waals surface area contributed by atoms with Crippen molar-refractivity contribution in [3.8, 4) is 12.3 Å². The van der Waals surface area contributed by atoms with E-state index in [9.17, 15) is 0 Å². The van der Waals surface area contributed by atoms with Gasteiger partial charge in [-0.2, -0.15) is 0 Å². The minimum atomic E-state index is -1.56. The van der Waals surface area contributed by atoms with Gasteiger partial charge < -0.3 is 4.43 Å². The Kier molecular flexibility index (Phi) is 6.24. The molecule has 0 unspecified atom stereocenters. The zero-order valence-corrected chi connectivity index (χ0v) is 12.0. The van der Waals surface area contributed by atoms with Crippen molar-refractivity contribution in [1.82, 2.24) is 0 Å². The normalized spacial score (nSPS) is 12.5. The van der Waals surface area contributed by atoms with Gasteiger partial charge in [-0.15, -0.1) is 6.42 Å². The minimum Gasteiger partial charge on any atom is -0.401 e. The van der Waals surface area contributed by atoms with Gasteiger partial charge in [0, 0.05) is 0 Å². The van der Waals surface area contributed by atoms with E-state index in [0.717, 1.165) is 12.8 Å². The zero-order chi connectivity index (χ0) is 11.9. The van der Waals surface area contributed by atoms with Crippen molar-refractivity contribution in [3.05, 3.63) is 0 Å². The number of rotatable bonds is 7. The summed E-state index contributed by atoms with van der Waals surface area (Å²) in [5.74, 6) is 2.89. The van der Waals surface area contributed by atoms with E-state index in [1.165, 1.54) is 18.1 Å². The quantitative estimate of drug-likeness (QED) is 0.467. The first-order valence-corrected chi connectivity index (χ1v) is 8.78. The molecule has 0 N–H and O–H groups in total. The summed E-state index contributed by atoms with van der Waals surface area (Å²) >= 11 is 0. The van der Waals surface area contributed by atoms with Crippen molar-refractivity contribution < 1.29 is 4.43 Å². The molecule has 0 aliphatic heterocycles. The molecule has 15 heavy (non-hydrogen) atoms. The molecule has 0 atom stereocenters. The van der Waals surface area contributed by atoms with E-state index in [1.54, 1.807) is 0 Å². The molecule has 0 aromatic carbocycles. The monoisotopic (exact) mass is 226 g/mol. The number of hydrogen-bond donors (Lipinski definition) is 0. The summed E-state index contributed by atoms with van der Waals surface area (Å²) in [5.41, 5.74) is -0.297. The Bertz CT molecular complexity index is 201. The van der Waals surface area contributed by atoms with Crippen molar-refractivity contribution >= 4 is 8.32 Å². The molecule has 0 spiro atoms. The lowest BCUT2D eigenvalue weighted by Crippen LogP contribution is -2.46. The van der Waals surface area contributed by atoms with Gasteiger partial charge in [-0.05, 0) is 31.0 Å². The zero-order valence-electron chi connectivity index (χ0n) is 11.0. The van der Waals surface area contributed by atoms with E-state index >= 15 is 0 Å². The maximum absolute atomic E-state index is 6.42. The summed E-state index contributed by atoms with van der Waals surface area (Å²) in [4.78, 5) is 0.